The van der Waals surface area contributed by atoms with Crippen LogP contribution in [0.3, 0.4) is 0 Å². The van der Waals surface area contributed by atoms with Crippen molar-refractivity contribution in [2.45, 2.75) is 6.42 Å². The summed E-state index contributed by atoms with van der Waals surface area (Å²) in [6.07, 6.45) is 0.711. The fourth-order valence-electron chi connectivity index (χ4n) is 1.38. The smallest absolute Gasteiger partial charge is 0.335 e. The van der Waals surface area contributed by atoms with Crippen LogP contribution < -0.4 is 10.6 Å². The first-order chi connectivity index (χ1) is 9.02. The van der Waals surface area contributed by atoms with E-state index in [9.17, 15) is 9.59 Å². The van der Waals surface area contributed by atoms with Crippen LogP contribution in [0.25, 0.3) is 0 Å². The molecule has 104 valence electrons. The van der Waals surface area contributed by atoms with Crippen molar-refractivity contribution < 1.29 is 19.4 Å². The average Bonchev–Trinajstić information content (AvgIpc) is 2.34. The molecule has 0 aliphatic carbocycles. The molecule has 0 saturated carbocycles. The van der Waals surface area contributed by atoms with Gasteiger partial charge in [0.25, 0.3) is 0 Å². The zero-order valence-electron chi connectivity index (χ0n) is 10.4. The number of carboxylic acid groups (broad SMARTS) is 1. The standard InChI is InChI=1S/C12H15BrN2O4/c1-19-4-2-3-14-12(18)15-10-6-8(11(16)17)5-9(13)7-10/h5-7H,2-4H2,1H3,(H,16,17)(H2,14,15,18). The van der Waals surface area contributed by atoms with Gasteiger partial charge in [0.05, 0.1) is 5.56 Å². The summed E-state index contributed by atoms with van der Waals surface area (Å²) in [4.78, 5) is 22.4. The molecule has 0 spiro atoms. The fourth-order valence-corrected chi connectivity index (χ4v) is 1.87. The normalized spacial score (nSPS) is 10.0. The lowest BCUT2D eigenvalue weighted by atomic mass is 10.2. The number of amides is 2. The third-order valence-electron chi connectivity index (χ3n) is 2.21. The Morgan fingerprint density at radius 1 is 1.37 bits per heavy atom. The highest BCUT2D eigenvalue weighted by molar-refractivity contribution is 9.10. The van der Waals surface area contributed by atoms with E-state index in [0.717, 1.165) is 0 Å². The van der Waals surface area contributed by atoms with E-state index in [1.54, 1.807) is 13.2 Å². The van der Waals surface area contributed by atoms with Gasteiger partial charge in [0.15, 0.2) is 0 Å². The second-order valence-electron chi connectivity index (χ2n) is 3.76. The van der Waals surface area contributed by atoms with Gasteiger partial charge >= 0.3 is 12.0 Å². The van der Waals surface area contributed by atoms with Crippen LogP contribution >= 0.6 is 15.9 Å². The molecule has 7 heteroatoms. The highest BCUT2D eigenvalue weighted by atomic mass is 79.9. The molecule has 0 bridgehead atoms. The molecule has 1 aromatic rings. The summed E-state index contributed by atoms with van der Waals surface area (Å²) in [6.45, 7) is 1.06. The molecule has 0 fully saturated rings. The van der Waals surface area contributed by atoms with E-state index in [0.29, 0.717) is 29.7 Å². The van der Waals surface area contributed by atoms with Gasteiger partial charge in [0, 0.05) is 30.4 Å². The van der Waals surface area contributed by atoms with Crippen molar-refractivity contribution in [2.24, 2.45) is 0 Å². The summed E-state index contributed by atoms with van der Waals surface area (Å²) in [5.41, 5.74) is 0.514. The lowest BCUT2D eigenvalue weighted by Crippen LogP contribution is -2.30. The predicted octanol–water partition coefficient (Wildman–Crippen LogP) is 2.31. The van der Waals surface area contributed by atoms with Gasteiger partial charge in [0.2, 0.25) is 0 Å². The molecule has 1 rings (SSSR count). The van der Waals surface area contributed by atoms with Crippen molar-refractivity contribution in [3.05, 3.63) is 28.2 Å². The molecule has 0 heterocycles. The highest BCUT2D eigenvalue weighted by Gasteiger charge is 2.08. The van der Waals surface area contributed by atoms with E-state index in [4.69, 9.17) is 9.84 Å². The van der Waals surface area contributed by atoms with Gasteiger partial charge in [-0.1, -0.05) is 15.9 Å². The summed E-state index contributed by atoms with van der Waals surface area (Å²) in [5, 5.41) is 14.1. The van der Waals surface area contributed by atoms with Gasteiger partial charge in [-0.05, 0) is 24.6 Å². The number of hydrogen-bond acceptors (Lipinski definition) is 3. The Hall–Kier alpha value is -1.60. The maximum atomic E-state index is 11.5. The molecular weight excluding hydrogens is 316 g/mol. The number of rotatable bonds is 6. The summed E-state index contributed by atoms with van der Waals surface area (Å²) in [6, 6.07) is 4.10. The van der Waals surface area contributed by atoms with Crippen LogP contribution in [0.15, 0.2) is 22.7 Å². The van der Waals surface area contributed by atoms with Gasteiger partial charge in [-0.25, -0.2) is 9.59 Å². The second kappa shape index (κ2) is 7.75. The largest absolute Gasteiger partial charge is 0.478 e. The van der Waals surface area contributed by atoms with Crippen molar-refractivity contribution in [2.75, 3.05) is 25.6 Å². The van der Waals surface area contributed by atoms with Crippen LogP contribution in [-0.4, -0.2) is 37.4 Å². The first-order valence-corrected chi connectivity index (χ1v) is 6.40. The first kappa shape index (κ1) is 15.5. The van der Waals surface area contributed by atoms with E-state index in [1.807, 2.05) is 0 Å². The fraction of sp³-hybridized carbons (Fsp3) is 0.333. The molecule has 0 aromatic heterocycles. The molecule has 0 unspecified atom stereocenters. The first-order valence-electron chi connectivity index (χ1n) is 5.60. The van der Waals surface area contributed by atoms with Gasteiger partial charge in [-0.2, -0.15) is 0 Å². The number of methoxy groups -OCH3 is 1. The van der Waals surface area contributed by atoms with Crippen LogP contribution in [0, 0.1) is 0 Å². The van der Waals surface area contributed by atoms with Gasteiger partial charge < -0.3 is 20.5 Å². The number of anilines is 1. The van der Waals surface area contributed by atoms with Crippen molar-refractivity contribution >= 4 is 33.6 Å². The molecule has 1 aromatic carbocycles. The summed E-state index contributed by atoms with van der Waals surface area (Å²) >= 11 is 3.19. The van der Waals surface area contributed by atoms with Crippen LogP contribution in [-0.2, 0) is 4.74 Å². The van der Waals surface area contributed by atoms with E-state index >= 15 is 0 Å². The van der Waals surface area contributed by atoms with E-state index < -0.39 is 5.97 Å². The highest BCUT2D eigenvalue weighted by Crippen LogP contribution is 2.19. The van der Waals surface area contributed by atoms with Gasteiger partial charge in [0.1, 0.15) is 0 Å². The van der Waals surface area contributed by atoms with Crippen LogP contribution in [0.2, 0.25) is 0 Å². The number of hydrogen-bond donors (Lipinski definition) is 3. The Balaban J connectivity index is 2.56. The number of urea groups is 1. The Bertz CT molecular complexity index is 465. The molecule has 3 N–H and O–H groups in total. The molecule has 6 nitrogen and oxygen atoms in total. The number of ether oxygens (including phenoxy) is 1. The van der Waals surface area contributed by atoms with Gasteiger partial charge in [-0.3, -0.25) is 0 Å². The molecule has 0 atom stereocenters. The summed E-state index contributed by atoms with van der Waals surface area (Å²) in [5.74, 6) is -1.05. The van der Waals surface area contributed by atoms with E-state index in [2.05, 4.69) is 26.6 Å². The number of aromatic carboxylic acids is 1. The van der Waals surface area contributed by atoms with Crippen LogP contribution in [0.1, 0.15) is 16.8 Å². The zero-order valence-corrected chi connectivity index (χ0v) is 12.0. The molecular formula is C12H15BrN2O4. The molecule has 0 radical (unpaired) electrons. The minimum absolute atomic E-state index is 0.101. The average molecular weight is 331 g/mol. The molecule has 19 heavy (non-hydrogen) atoms. The Morgan fingerprint density at radius 2 is 2.11 bits per heavy atom. The third kappa shape index (κ3) is 5.71. The van der Waals surface area contributed by atoms with E-state index in [-0.39, 0.29) is 11.6 Å². The van der Waals surface area contributed by atoms with E-state index in [1.165, 1.54) is 12.1 Å². The number of carboxylic acids is 1. The topological polar surface area (TPSA) is 87.7 Å². The summed E-state index contributed by atoms with van der Waals surface area (Å²) in [7, 11) is 1.59. The maximum Gasteiger partial charge on any atom is 0.335 e. The zero-order chi connectivity index (χ0) is 14.3. The Morgan fingerprint density at radius 3 is 2.74 bits per heavy atom. The number of benzene rings is 1. The van der Waals surface area contributed by atoms with Crippen molar-refractivity contribution in [1.82, 2.24) is 5.32 Å². The summed E-state index contributed by atoms with van der Waals surface area (Å²) < 4.78 is 5.44. The number of carbonyl (C=O) groups is 2. The minimum Gasteiger partial charge on any atom is -0.478 e. The number of carbonyl (C=O) groups excluding carboxylic acids is 1. The number of nitrogens with one attached hydrogen (secondary N) is 2. The monoisotopic (exact) mass is 330 g/mol. The predicted molar refractivity (Wildman–Crippen MR) is 74.6 cm³/mol. The second-order valence-corrected chi connectivity index (χ2v) is 4.68. The Kier molecular flexibility index (Phi) is 6.31. The molecule has 2 amide bonds. The van der Waals surface area contributed by atoms with Crippen molar-refractivity contribution in [1.29, 1.82) is 0 Å². The maximum absolute atomic E-state index is 11.5. The quantitative estimate of drug-likeness (QED) is 0.698. The van der Waals surface area contributed by atoms with Crippen LogP contribution in [0.5, 0.6) is 0 Å². The van der Waals surface area contributed by atoms with Crippen molar-refractivity contribution in [3.63, 3.8) is 0 Å². The van der Waals surface area contributed by atoms with Gasteiger partial charge in [-0.15, -0.1) is 0 Å². The van der Waals surface area contributed by atoms with Crippen LogP contribution in [0.4, 0.5) is 10.5 Å². The lowest BCUT2D eigenvalue weighted by Gasteiger charge is -2.08. The Labute approximate surface area is 119 Å². The molecule has 0 aliphatic rings. The SMILES string of the molecule is COCCCNC(=O)Nc1cc(Br)cc(C(=O)O)c1. The lowest BCUT2D eigenvalue weighted by molar-refractivity contribution is 0.0697. The van der Waals surface area contributed by atoms with Crippen molar-refractivity contribution in [3.8, 4) is 0 Å². The molecule has 0 saturated heterocycles. The molecule has 0 aliphatic heterocycles. The third-order valence-corrected chi connectivity index (χ3v) is 2.67. The minimum atomic E-state index is -1.05. The number of halogens is 1.